The first-order valence-electron chi connectivity index (χ1n) is 2.63. The molecule has 0 fully saturated rings. The molecule has 0 saturated heterocycles. The zero-order valence-electron chi connectivity index (χ0n) is 5.33. The summed E-state index contributed by atoms with van der Waals surface area (Å²) in [6.45, 7) is 2.15. The van der Waals surface area contributed by atoms with Crippen LogP contribution in [0.15, 0.2) is 0 Å². The van der Waals surface area contributed by atoms with Crippen LogP contribution in [0.5, 0.6) is 0 Å². The summed E-state index contributed by atoms with van der Waals surface area (Å²) in [5, 5.41) is 0.969. The van der Waals surface area contributed by atoms with Gasteiger partial charge in [0.2, 0.25) is 0 Å². The van der Waals surface area contributed by atoms with E-state index < -0.39 is 0 Å². The van der Waals surface area contributed by atoms with E-state index in [-0.39, 0.29) is 4.32 Å². The molecule has 0 rings (SSSR count). The van der Waals surface area contributed by atoms with Crippen LogP contribution in [0.2, 0.25) is 5.39 Å². The summed E-state index contributed by atoms with van der Waals surface area (Å²) in [5.41, 5.74) is 4.66. The molecule has 0 saturated carbocycles. The largest absolute Gasteiger partial charge is 0.415 e. The Bertz CT molecular complexity index is 62.0. The second kappa shape index (κ2) is 11.4. The van der Waals surface area contributed by atoms with Crippen molar-refractivity contribution in [1.82, 2.24) is 0 Å². The molecule has 4 heteroatoms. The number of hydrogen-bond acceptors (Lipinski definition) is 2. The van der Waals surface area contributed by atoms with Gasteiger partial charge in [-0.15, -0.1) is 0 Å². The molecule has 0 aromatic heterocycles. The molecule has 0 aromatic rings. The van der Waals surface area contributed by atoms with Gasteiger partial charge in [0.05, 0.1) is 0 Å². The van der Waals surface area contributed by atoms with Crippen molar-refractivity contribution in [3.8, 4) is 0 Å². The molecule has 0 unspecified atom stereocenters. The third-order valence-electron chi connectivity index (χ3n) is 0.465. The predicted molar refractivity (Wildman–Crippen MR) is 43.9 cm³/mol. The van der Waals surface area contributed by atoms with Crippen LogP contribution in [0.3, 0.4) is 0 Å². The second-order valence-corrected chi connectivity index (χ2v) is 2.96. The fourth-order valence-corrected chi connectivity index (χ4v) is 0.461. The Morgan fingerprint density at radius 3 is 2.11 bits per heavy atom. The number of hydrogen-bond donors (Lipinski definition) is 1. The Morgan fingerprint density at radius 1 is 1.78 bits per heavy atom. The van der Waals surface area contributed by atoms with E-state index in [0.717, 1.165) is 5.39 Å². The number of rotatable bonds is 2. The monoisotopic (exact) mass is 207 g/mol. The summed E-state index contributed by atoms with van der Waals surface area (Å²) in [4.78, 5) is 0. The van der Waals surface area contributed by atoms with Gasteiger partial charge in [-0.25, -0.2) is 0 Å². The van der Waals surface area contributed by atoms with Crippen molar-refractivity contribution in [2.75, 3.05) is 0 Å². The number of nitrogens with two attached hydrogens (primary N) is 1. The molecule has 1 nitrogen and oxygen atoms in total. The van der Waals surface area contributed by atoms with Gasteiger partial charge in [-0.1, -0.05) is 4.32 Å². The SMILES string of the molecule is CCC[CH2][Ni+].NC(=S)[S-]. The molecule has 0 aliphatic rings. The van der Waals surface area contributed by atoms with Crippen molar-refractivity contribution >= 4 is 29.2 Å². The Labute approximate surface area is 75.5 Å². The molecule has 2 N–H and O–H groups in total. The molecule has 0 aromatic carbocycles. The van der Waals surface area contributed by atoms with E-state index in [1.807, 2.05) is 0 Å². The van der Waals surface area contributed by atoms with E-state index >= 15 is 0 Å². The first kappa shape index (κ1) is 12.3. The van der Waals surface area contributed by atoms with Gasteiger partial charge < -0.3 is 30.6 Å². The fourth-order valence-electron chi connectivity index (χ4n) is 0.112. The maximum atomic E-state index is 4.66. The molecule has 0 aliphatic heterocycles. The maximum Gasteiger partial charge on any atom is -0.0708 e. The van der Waals surface area contributed by atoms with Gasteiger partial charge in [0, 0.05) is 0 Å². The van der Waals surface area contributed by atoms with E-state index in [2.05, 4.69) is 53.0 Å². The van der Waals surface area contributed by atoms with Crippen LogP contribution in [-0.2, 0) is 28.1 Å². The minimum atomic E-state index is 0.0833. The number of thiocarbonyl (C=S) groups is 1. The molecule has 0 bridgehead atoms. The summed E-state index contributed by atoms with van der Waals surface area (Å²) < 4.78 is 0.0833. The van der Waals surface area contributed by atoms with Crippen molar-refractivity contribution in [3.63, 3.8) is 0 Å². The first-order chi connectivity index (χ1) is 4.15. The molecule has 0 heterocycles. The van der Waals surface area contributed by atoms with Crippen LogP contribution in [0.1, 0.15) is 19.8 Å². The Hall–Kier alpha value is 0.604. The first-order valence-corrected chi connectivity index (χ1v) is 4.14. The van der Waals surface area contributed by atoms with Crippen LogP contribution < -0.4 is 5.73 Å². The van der Waals surface area contributed by atoms with Gasteiger partial charge >= 0.3 is 40.6 Å². The van der Waals surface area contributed by atoms with Gasteiger partial charge in [-0.05, 0) is 0 Å². The van der Waals surface area contributed by atoms with Crippen LogP contribution >= 0.6 is 12.2 Å². The Kier molecular flexibility index (Phi) is 15.6. The summed E-state index contributed by atoms with van der Waals surface area (Å²) in [7, 11) is 0. The van der Waals surface area contributed by atoms with E-state index in [9.17, 15) is 0 Å². The molecule has 58 valence electrons. The van der Waals surface area contributed by atoms with E-state index in [1.54, 1.807) is 0 Å². The van der Waals surface area contributed by atoms with Crippen LogP contribution in [0.4, 0.5) is 0 Å². The van der Waals surface area contributed by atoms with Crippen LogP contribution in [-0.4, -0.2) is 4.32 Å². The number of unbranched alkanes of at least 4 members (excludes halogenated alkanes) is 1. The van der Waals surface area contributed by atoms with Crippen molar-refractivity contribution in [3.05, 3.63) is 0 Å². The molecule has 0 spiro atoms. The van der Waals surface area contributed by atoms with Crippen molar-refractivity contribution < 1.29 is 15.5 Å². The molecular weight excluding hydrogens is 197 g/mol. The summed E-state index contributed by atoms with van der Waals surface area (Å²) >= 11 is 12.7. The molecule has 9 heavy (non-hydrogen) atoms. The van der Waals surface area contributed by atoms with Crippen molar-refractivity contribution in [2.45, 2.75) is 25.2 Å². The fraction of sp³-hybridized carbons (Fsp3) is 0.800. The predicted octanol–water partition coefficient (Wildman–Crippen LogP) is 1.53. The molecule has 0 amide bonds. The van der Waals surface area contributed by atoms with Crippen LogP contribution in [0.25, 0.3) is 0 Å². The van der Waals surface area contributed by atoms with Gasteiger partial charge in [0.1, 0.15) is 0 Å². The van der Waals surface area contributed by atoms with E-state index in [0.29, 0.717) is 0 Å². The maximum absolute atomic E-state index is 4.66. The van der Waals surface area contributed by atoms with Crippen molar-refractivity contribution in [1.29, 1.82) is 0 Å². The Morgan fingerprint density at radius 2 is 2.11 bits per heavy atom. The topological polar surface area (TPSA) is 26.0 Å². The van der Waals surface area contributed by atoms with E-state index in [1.165, 1.54) is 12.8 Å². The average molecular weight is 208 g/mol. The average Bonchev–Trinajstić information content (AvgIpc) is 1.66. The normalized spacial score (nSPS) is 7.44. The molecule has 0 atom stereocenters. The second-order valence-electron chi connectivity index (χ2n) is 1.33. The van der Waals surface area contributed by atoms with Gasteiger partial charge in [-0.2, -0.15) is 0 Å². The molecule has 0 aliphatic carbocycles. The molecule has 0 radical (unpaired) electrons. The quantitative estimate of drug-likeness (QED) is 0.423. The third kappa shape index (κ3) is 55.3. The third-order valence-corrected chi connectivity index (χ3v) is 0.815. The molecular formula is C5H11NNiS2. The van der Waals surface area contributed by atoms with Gasteiger partial charge in [0.15, 0.2) is 0 Å². The smallest absolute Gasteiger partial charge is 0.0708 e. The van der Waals surface area contributed by atoms with Gasteiger partial charge in [-0.3, -0.25) is 0 Å². The standard InChI is InChI=1S/C4H9.CH3NS2.Ni/c1-3-4-2;2-1(3)4;/h1,3-4H2,2H3;(H3,2,3,4);/q;;+1/p-1. The van der Waals surface area contributed by atoms with Crippen LogP contribution in [0, 0.1) is 0 Å². The Balaban J connectivity index is 0. The minimum absolute atomic E-state index is 0.0833. The van der Waals surface area contributed by atoms with E-state index in [4.69, 9.17) is 0 Å². The van der Waals surface area contributed by atoms with Gasteiger partial charge in [0.25, 0.3) is 0 Å². The zero-order valence-corrected chi connectivity index (χ0v) is 7.95. The summed E-state index contributed by atoms with van der Waals surface area (Å²) in [6, 6.07) is 0. The summed E-state index contributed by atoms with van der Waals surface area (Å²) in [6.07, 6.45) is 2.47. The van der Waals surface area contributed by atoms with Crippen molar-refractivity contribution in [2.24, 2.45) is 5.73 Å². The minimum Gasteiger partial charge on any atom is -0.415 e. The zero-order chi connectivity index (χ0) is 7.70. The summed E-state index contributed by atoms with van der Waals surface area (Å²) in [5.74, 6) is 0.